The molecule has 1 unspecified atom stereocenters. The van der Waals surface area contributed by atoms with Crippen molar-refractivity contribution in [2.45, 2.75) is 19.8 Å². The van der Waals surface area contributed by atoms with E-state index in [1.165, 1.54) is 0 Å². The van der Waals surface area contributed by atoms with Crippen LogP contribution in [0.5, 0.6) is 0 Å². The van der Waals surface area contributed by atoms with Crippen molar-refractivity contribution in [1.29, 1.82) is 0 Å². The fourth-order valence-electron chi connectivity index (χ4n) is 1.04. The summed E-state index contributed by atoms with van der Waals surface area (Å²) in [5, 5.41) is 11.6. The number of carbonyl (C=O) groups is 1. The molecule has 0 aromatic rings. The Morgan fingerprint density at radius 3 is 3.08 bits per heavy atom. The highest BCUT2D eigenvalue weighted by atomic mass is 16.4. The van der Waals surface area contributed by atoms with Crippen LogP contribution in [0.15, 0.2) is 4.99 Å². The fraction of sp³-hybridized carbons (Fsp3) is 0.750. The van der Waals surface area contributed by atoms with Gasteiger partial charge >= 0.3 is 5.97 Å². The van der Waals surface area contributed by atoms with E-state index in [9.17, 15) is 4.79 Å². The molecule has 0 aliphatic carbocycles. The Bertz CT molecular complexity index is 201. The summed E-state index contributed by atoms with van der Waals surface area (Å²) >= 11 is 0. The third kappa shape index (κ3) is 2.53. The molecule has 2 N–H and O–H groups in total. The number of amidine groups is 1. The molecular formula is C8H14N2O2. The molecule has 12 heavy (non-hydrogen) atoms. The van der Waals surface area contributed by atoms with Crippen LogP contribution in [-0.2, 0) is 4.79 Å². The highest BCUT2D eigenvalue weighted by Gasteiger charge is 2.12. The van der Waals surface area contributed by atoms with Crippen LogP contribution >= 0.6 is 0 Å². The normalized spacial score (nSPS) is 18.6. The lowest BCUT2D eigenvalue weighted by atomic mass is 10.2. The van der Waals surface area contributed by atoms with Gasteiger partial charge in [-0.3, -0.25) is 9.79 Å². The summed E-state index contributed by atoms with van der Waals surface area (Å²) in [6.07, 6.45) is 2.05. The first-order chi connectivity index (χ1) is 5.70. The Kier molecular flexibility index (Phi) is 3.08. The Morgan fingerprint density at radius 2 is 2.58 bits per heavy atom. The van der Waals surface area contributed by atoms with Gasteiger partial charge in [-0.25, -0.2) is 0 Å². The molecule has 4 nitrogen and oxygen atoms in total. The number of hydrogen-bond donors (Lipinski definition) is 2. The molecule has 0 saturated carbocycles. The molecule has 0 aromatic carbocycles. The Hall–Kier alpha value is -1.06. The molecule has 0 aromatic heterocycles. The topological polar surface area (TPSA) is 61.7 Å². The van der Waals surface area contributed by atoms with Crippen molar-refractivity contribution >= 4 is 11.8 Å². The zero-order chi connectivity index (χ0) is 8.97. The van der Waals surface area contributed by atoms with Crippen LogP contribution < -0.4 is 5.32 Å². The van der Waals surface area contributed by atoms with Crippen molar-refractivity contribution < 1.29 is 9.90 Å². The van der Waals surface area contributed by atoms with Gasteiger partial charge in [0.1, 0.15) is 0 Å². The highest BCUT2D eigenvalue weighted by molar-refractivity contribution is 5.84. The van der Waals surface area contributed by atoms with E-state index >= 15 is 0 Å². The van der Waals surface area contributed by atoms with Gasteiger partial charge in [-0.1, -0.05) is 6.92 Å². The summed E-state index contributed by atoms with van der Waals surface area (Å²) in [5.41, 5.74) is 0. The van der Waals surface area contributed by atoms with Gasteiger partial charge in [-0.2, -0.15) is 0 Å². The quantitative estimate of drug-likeness (QED) is 0.648. The second-order valence-electron chi connectivity index (χ2n) is 3.05. The Morgan fingerprint density at radius 1 is 1.83 bits per heavy atom. The van der Waals surface area contributed by atoms with Crippen molar-refractivity contribution in [3.8, 4) is 0 Å². The molecular weight excluding hydrogens is 156 g/mol. The van der Waals surface area contributed by atoms with Gasteiger partial charge in [-0.15, -0.1) is 0 Å². The SMILES string of the molecule is CC(CNC1=NCCC1)C(=O)O. The first kappa shape index (κ1) is 9.03. The summed E-state index contributed by atoms with van der Waals surface area (Å²) in [7, 11) is 0. The molecule has 0 fully saturated rings. The lowest BCUT2D eigenvalue weighted by Gasteiger charge is -2.08. The molecule has 4 heteroatoms. The molecule has 68 valence electrons. The summed E-state index contributed by atoms with van der Waals surface area (Å²) in [4.78, 5) is 14.6. The molecule has 0 radical (unpaired) electrons. The average Bonchev–Trinajstić information content (AvgIpc) is 2.51. The van der Waals surface area contributed by atoms with E-state index in [1.54, 1.807) is 6.92 Å². The Balaban J connectivity index is 2.20. The number of carboxylic acid groups (broad SMARTS) is 1. The van der Waals surface area contributed by atoms with Crippen LogP contribution in [0.4, 0.5) is 0 Å². The molecule has 0 bridgehead atoms. The van der Waals surface area contributed by atoms with E-state index in [1.807, 2.05) is 0 Å². The summed E-state index contributed by atoms with van der Waals surface area (Å²) in [6.45, 7) is 3.04. The van der Waals surface area contributed by atoms with Crippen LogP contribution in [0.2, 0.25) is 0 Å². The van der Waals surface area contributed by atoms with E-state index < -0.39 is 5.97 Å². The van der Waals surface area contributed by atoms with Crippen molar-refractivity contribution in [1.82, 2.24) is 5.32 Å². The molecule has 1 rings (SSSR count). The molecule has 1 aliphatic heterocycles. The van der Waals surface area contributed by atoms with Gasteiger partial charge in [-0.05, 0) is 6.42 Å². The zero-order valence-corrected chi connectivity index (χ0v) is 7.21. The molecule has 0 saturated heterocycles. The van der Waals surface area contributed by atoms with E-state index in [-0.39, 0.29) is 5.92 Å². The number of hydrogen-bond acceptors (Lipinski definition) is 3. The first-order valence-corrected chi connectivity index (χ1v) is 4.20. The van der Waals surface area contributed by atoms with Crippen LogP contribution in [0.1, 0.15) is 19.8 Å². The van der Waals surface area contributed by atoms with Gasteiger partial charge in [0.2, 0.25) is 0 Å². The third-order valence-electron chi connectivity index (χ3n) is 1.91. The second-order valence-corrected chi connectivity index (χ2v) is 3.05. The molecule has 1 aliphatic rings. The monoisotopic (exact) mass is 170 g/mol. The van der Waals surface area contributed by atoms with Crippen molar-refractivity contribution in [2.75, 3.05) is 13.1 Å². The fourth-order valence-corrected chi connectivity index (χ4v) is 1.04. The van der Waals surface area contributed by atoms with Gasteiger partial charge in [0, 0.05) is 19.5 Å². The van der Waals surface area contributed by atoms with Gasteiger partial charge in [0.15, 0.2) is 0 Å². The maximum atomic E-state index is 10.4. The summed E-state index contributed by atoms with van der Waals surface area (Å²) in [6, 6.07) is 0. The number of rotatable bonds is 3. The molecule has 0 amide bonds. The predicted molar refractivity (Wildman–Crippen MR) is 46.3 cm³/mol. The average molecular weight is 170 g/mol. The predicted octanol–water partition coefficient (Wildman–Crippen LogP) is 0.489. The summed E-state index contributed by atoms with van der Waals surface area (Å²) in [5.74, 6) is -0.141. The lowest BCUT2D eigenvalue weighted by Crippen LogP contribution is -2.30. The third-order valence-corrected chi connectivity index (χ3v) is 1.91. The van der Waals surface area contributed by atoms with E-state index in [4.69, 9.17) is 5.11 Å². The minimum Gasteiger partial charge on any atom is -0.481 e. The molecule has 0 spiro atoms. The first-order valence-electron chi connectivity index (χ1n) is 4.20. The van der Waals surface area contributed by atoms with E-state index in [0.717, 1.165) is 25.2 Å². The van der Waals surface area contributed by atoms with Crippen LogP contribution in [0, 0.1) is 5.92 Å². The smallest absolute Gasteiger partial charge is 0.308 e. The van der Waals surface area contributed by atoms with E-state index in [0.29, 0.717) is 6.54 Å². The number of nitrogens with one attached hydrogen (secondary N) is 1. The minimum atomic E-state index is -0.763. The molecule has 1 heterocycles. The second kappa shape index (κ2) is 4.09. The van der Waals surface area contributed by atoms with Crippen LogP contribution in [0.25, 0.3) is 0 Å². The maximum absolute atomic E-state index is 10.4. The number of aliphatic carboxylic acids is 1. The standard InChI is InChI=1S/C8H14N2O2/c1-6(8(11)12)5-10-7-3-2-4-9-7/h6H,2-5H2,1H3,(H,9,10)(H,11,12). The zero-order valence-electron chi connectivity index (χ0n) is 7.21. The van der Waals surface area contributed by atoms with Crippen molar-refractivity contribution in [3.63, 3.8) is 0 Å². The van der Waals surface area contributed by atoms with Crippen molar-refractivity contribution in [2.24, 2.45) is 10.9 Å². The minimum absolute atomic E-state index is 0.340. The molecule has 1 atom stereocenters. The van der Waals surface area contributed by atoms with Gasteiger partial charge in [0.05, 0.1) is 11.8 Å². The van der Waals surface area contributed by atoms with E-state index in [2.05, 4.69) is 10.3 Å². The maximum Gasteiger partial charge on any atom is 0.308 e. The number of carboxylic acids is 1. The van der Waals surface area contributed by atoms with Crippen molar-refractivity contribution in [3.05, 3.63) is 0 Å². The largest absolute Gasteiger partial charge is 0.481 e. The van der Waals surface area contributed by atoms with Crippen LogP contribution in [0.3, 0.4) is 0 Å². The van der Waals surface area contributed by atoms with Crippen LogP contribution in [-0.4, -0.2) is 30.0 Å². The number of nitrogens with zero attached hydrogens (tertiary/aromatic N) is 1. The lowest BCUT2D eigenvalue weighted by molar-refractivity contribution is -0.140. The van der Waals surface area contributed by atoms with Gasteiger partial charge < -0.3 is 10.4 Å². The summed E-state index contributed by atoms with van der Waals surface area (Å²) < 4.78 is 0. The Labute approximate surface area is 71.7 Å². The number of aliphatic imine (C=N–C) groups is 1. The highest BCUT2D eigenvalue weighted by Crippen LogP contribution is 2.01. The van der Waals surface area contributed by atoms with Gasteiger partial charge in [0.25, 0.3) is 0 Å².